The maximum Gasteiger partial charge on any atom is 0.416 e. The van der Waals surface area contributed by atoms with Gasteiger partial charge >= 0.3 is 18.4 Å². The Hall–Kier alpha value is -2.79. The lowest BCUT2D eigenvalue weighted by Gasteiger charge is -2.23. The molecule has 2 unspecified atom stereocenters. The summed E-state index contributed by atoms with van der Waals surface area (Å²) in [6.07, 6.45) is -15.4. The maximum absolute atomic E-state index is 13.1. The number of ether oxygens (including phenoxy) is 1. The average molecular weight is 437 g/mol. The van der Waals surface area contributed by atoms with Crippen LogP contribution in [-0.2, 0) is 23.7 Å². The van der Waals surface area contributed by atoms with Crippen LogP contribution in [0.4, 0.5) is 31.1 Å². The number of hydrogen-bond donors (Lipinski definition) is 3. The van der Waals surface area contributed by atoms with Gasteiger partial charge in [0.15, 0.2) is 0 Å². The van der Waals surface area contributed by atoms with Gasteiger partial charge in [-0.05, 0) is 29.3 Å². The highest BCUT2D eigenvalue weighted by atomic mass is 19.4. The molecule has 0 bridgehead atoms. The molecule has 1 amide bonds. The molecular weight excluding hydrogens is 420 g/mol. The Morgan fingerprint density at radius 3 is 2.17 bits per heavy atom. The fourth-order valence-electron chi connectivity index (χ4n) is 2.52. The zero-order valence-electron chi connectivity index (χ0n) is 15.2. The zero-order valence-corrected chi connectivity index (χ0v) is 15.2. The summed E-state index contributed by atoms with van der Waals surface area (Å²) in [5, 5.41) is 22.0. The van der Waals surface area contributed by atoms with Crippen molar-refractivity contribution in [2.24, 2.45) is 0 Å². The molecular formula is C19H17F6NO4. The van der Waals surface area contributed by atoms with Gasteiger partial charge in [0.2, 0.25) is 0 Å². The number of carbonyl (C=O) groups excluding carboxylic acids is 1. The summed E-state index contributed by atoms with van der Waals surface area (Å²) in [5.74, 6) is 0. The van der Waals surface area contributed by atoms with Crippen molar-refractivity contribution in [2.75, 3.05) is 6.54 Å². The lowest BCUT2D eigenvalue weighted by atomic mass is 9.95. The largest absolute Gasteiger partial charge is 0.445 e. The molecule has 0 saturated heterocycles. The predicted octanol–water partition coefficient (Wildman–Crippen LogP) is 4.04. The van der Waals surface area contributed by atoms with Crippen molar-refractivity contribution in [1.82, 2.24) is 5.32 Å². The summed E-state index contributed by atoms with van der Waals surface area (Å²) < 4.78 is 82.7. The number of hydrogen-bond acceptors (Lipinski definition) is 4. The number of aliphatic hydroxyl groups excluding tert-OH is 2. The number of aliphatic hydroxyl groups is 2. The summed E-state index contributed by atoms with van der Waals surface area (Å²) in [6.45, 7) is -0.889. The van der Waals surface area contributed by atoms with Crippen LogP contribution in [-0.4, -0.2) is 29.0 Å². The normalized spacial score (nSPS) is 14.1. The van der Waals surface area contributed by atoms with Crippen LogP contribution in [0.3, 0.4) is 0 Å². The van der Waals surface area contributed by atoms with Crippen molar-refractivity contribution < 1.29 is 46.1 Å². The van der Waals surface area contributed by atoms with E-state index in [4.69, 9.17) is 4.74 Å². The van der Waals surface area contributed by atoms with E-state index in [1.165, 1.54) is 0 Å². The summed E-state index contributed by atoms with van der Waals surface area (Å²) in [7, 11) is 0. The van der Waals surface area contributed by atoms with Gasteiger partial charge in [0, 0.05) is 6.54 Å². The van der Waals surface area contributed by atoms with E-state index >= 15 is 0 Å². The smallest absolute Gasteiger partial charge is 0.416 e. The third-order valence-corrected chi connectivity index (χ3v) is 4.04. The number of amides is 1. The summed E-state index contributed by atoms with van der Waals surface area (Å²) in [5.41, 5.74) is -3.48. The molecule has 3 N–H and O–H groups in total. The van der Waals surface area contributed by atoms with Crippen LogP contribution in [0.15, 0.2) is 48.5 Å². The van der Waals surface area contributed by atoms with Crippen LogP contribution in [0.5, 0.6) is 0 Å². The van der Waals surface area contributed by atoms with Gasteiger partial charge in [0.25, 0.3) is 0 Å². The monoisotopic (exact) mass is 437 g/mol. The lowest BCUT2D eigenvalue weighted by molar-refractivity contribution is -0.143. The van der Waals surface area contributed by atoms with E-state index in [1.54, 1.807) is 30.3 Å². The number of halogens is 6. The lowest BCUT2D eigenvalue weighted by Crippen LogP contribution is -2.36. The molecule has 2 rings (SSSR count). The Morgan fingerprint density at radius 2 is 1.60 bits per heavy atom. The van der Waals surface area contributed by atoms with Crippen LogP contribution >= 0.6 is 0 Å². The molecule has 5 nitrogen and oxygen atoms in total. The minimum absolute atomic E-state index is 0.116. The van der Waals surface area contributed by atoms with Crippen LogP contribution in [0.2, 0.25) is 0 Å². The topological polar surface area (TPSA) is 78.8 Å². The van der Waals surface area contributed by atoms with E-state index in [0.717, 1.165) is 0 Å². The van der Waals surface area contributed by atoms with Crippen molar-refractivity contribution in [2.45, 2.75) is 31.2 Å². The second-order valence-corrected chi connectivity index (χ2v) is 6.25. The van der Waals surface area contributed by atoms with Gasteiger partial charge in [-0.2, -0.15) is 26.3 Å². The second kappa shape index (κ2) is 9.35. The highest BCUT2D eigenvalue weighted by molar-refractivity contribution is 5.67. The molecule has 0 heterocycles. The SMILES string of the molecule is O=C(NCC(O)C(O)c1cc(C(F)(F)F)ccc1C(F)(F)F)OCc1ccccc1. The second-order valence-electron chi connectivity index (χ2n) is 6.25. The number of benzene rings is 2. The van der Waals surface area contributed by atoms with Gasteiger partial charge in [-0.3, -0.25) is 0 Å². The van der Waals surface area contributed by atoms with Crippen LogP contribution in [0, 0.1) is 0 Å². The summed E-state index contributed by atoms with van der Waals surface area (Å²) in [4.78, 5) is 11.6. The first-order valence-corrected chi connectivity index (χ1v) is 8.48. The maximum atomic E-state index is 13.1. The molecule has 164 valence electrons. The minimum atomic E-state index is -5.07. The van der Waals surface area contributed by atoms with Crippen LogP contribution in [0.25, 0.3) is 0 Å². The fourth-order valence-corrected chi connectivity index (χ4v) is 2.52. The molecule has 2 atom stereocenters. The molecule has 0 spiro atoms. The molecule has 2 aromatic rings. The Bertz CT molecular complexity index is 854. The van der Waals surface area contributed by atoms with Gasteiger partial charge in [-0.15, -0.1) is 0 Å². The van der Waals surface area contributed by atoms with Crippen molar-refractivity contribution in [3.05, 3.63) is 70.8 Å². The highest BCUT2D eigenvalue weighted by Gasteiger charge is 2.39. The summed E-state index contributed by atoms with van der Waals surface area (Å²) >= 11 is 0. The van der Waals surface area contributed by atoms with Crippen molar-refractivity contribution in [3.63, 3.8) is 0 Å². The third-order valence-electron chi connectivity index (χ3n) is 4.04. The van der Waals surface area contributed by atoms with E-state index < -0.39 is 53.9 Å². The summed E-state index contributed by atoms with van der Waals surface area (Å²) in [6, 6.07) is 8.99. The average Bonchev–Trinajstić information content (AvgIpc) is 2.68. The molecule has 0 aliphatic carbocycles. The Kier molecular flexibility index (Phi) is 7.32. The molecule has 0 fully saturated rings. The first kappa shape index (κ1) is 23.5. The Balaban J connectivity index is 2.07. The van der Waals surface area contributed by atoms with E-state index in [1.807, 2.05) is 5.32 Å². The van der Waals surface area contributed by atoms with Crippen LogP contribution in [0.1, 0.15) is 28.4 Å². The number of alkyl halides is 6. The van der Waals surface area contributed by atoms with E-state index in [0.29, 0.717) is 5.56 Å². The Morgan fingerprint density at radius 1 is 0.967 bits per heavy atom. The van der Waals surface area contributed by atoms with E-state index in [2.05, 4.69) is 0 Å². The highest BCUT2D eigenvalue weighted by Crippen LogP contribution is 2.39. The number of rotatable bonds is 6. The number of alkyl carbamates (subject to hydrolysis) is 1. The van der Waals surface area contributed by atoms with Gasteiger partial charge in [0.1, 0.15) is 18.8 Å². The van der Waals surface area contributed by atoms with Gasteiger partial charge < -0.3 is 20.3 Å². The van der Waals surface area contributed by atoms with Gasteiger partial charge in [-0.1, -0.05) is 30.3 Å². The molecule has 0 aliphatic heterocycles. The van der Waals surface area contributed by atoms with Crippen molar-refractivity contribution >= 4 is 6.09 Å². The molecule has 0 radical (unpaired) electrons. The van der Waals surface area contributed by atoms with Crippen molar-refractivity contribution in [1.29, 1.82) is 0 Å². The third kappa shape index (κ3) is 6.36. The number of carbonyl (C=O) groups is 1. The fraction of sp³-hybridized carbons (Fsp3) is 0.316. The first-order chi connectivity index (χ1) is 13.9. The van der Waals surface area contributed by atoms with Crippen LogP contribution < -0.4 is 5.32 Å². The molecule has 11 heteroatoms. The zero-order chi connectivity index (χ0) is 22.5. The number of nitrogens with one attached hydrogen (secondary N) is 1. The van der Waals surface area contributed by atoms with E-state index in [-0.39, 0.29) is 24.8 Å². The minimum Gasteiger partial charge on any atom is -0.445 e. The standard InChI is InChI=1S/C19H17F6NO4/c20-18(21,22)12-6-7-14(19(23,24)25)13(8-12)16(28)15(27)9-26-17(29)30-10-11-4-2-1-3-5-11/h1-8,15-16,27-28H,9-10H2,(H,26,29). The molecule has 0 aliphatic rings. The molecule has 30 heavy (non-hydrogen) atoms. The Labute approximate surface area is 166 Å². The molecule has 2 aromatic carbocycles. The van der Waals surface area contributed by atoms with Crippen molar-refractivity contribution in [3.8, 4) is 0 Å². The quantitative estimate of drug-likeness (QED) is 0.596. The van der Waals surface area contributed by atoms with Gasteiger partial charge in [0.05, 0.1) is 11.1 Å². The van der Waals surface area contributed by atoms with E-state index in [9.17, 15) is 41.4 Å². The predicted molar refractivity (Wildman–Crippen MR) is 92.0 cm³/mol. The first-order valence-electron chi connectivity index (χ1n) is 8.48. The van der Waals surface area contributed by atoms with Gasteiger partial charge in [-0.25, -0.2) is 4.79 Å². The molecule has 0 saturated carbocycles. The molecule has 0 aromatic heterocycles.